The highest BCUT2D eigenvalue weighted by atomic mass is 32.2. The lowest BCUT2D eigenvalue weighted by atomic mass is 10.2. The second-order valence-electron chi connectivity index (χ2n) is 4.35. The molecular weight excluding hydrogens is 257 g/mol. The van der Waals surface area contributed by atoms with Crippen molar-refractivity contribution in [3.05, 3.63) is 35.6 Å². The van der Waals surface area contributed by atoms with Crippen LogP contribution < -0.4 is 5.14 Å². The van der Waals surface area contributed by atoms with E-state index in [1.165, 1.54) is 16.4 Å². The minimum absolute atomic E-state index is 0.252. The van der Waals surface area contributed by atoms with E-state index >= 15 is 0 Å². The van der Waals surface area contributed by atoms with Crippen molar-refractivity contribution < 1.29 is 12.8 Å². The first kappa shape index (κ1) is 13.4. The molecular formula is C11H16FN3O2S. The van der Waals surface area contributed by atoms with Gasteiger partial charge >= 0.3 is 0 Å². The van der Waals surface area contributed by atoms with Crippen molar-refractivity contribution in [2.75, 3.05) is 26.2 Å². The Morgan fingerprint density at radius 3 is 2.17 bits per heavy atom. The van der Waals surface area contributed by atoms with Crippen LogP contribution in [0.5, 0.6) is 0 Å². The van der Waals surface area contributed by atoms with E-state index in [1.54, 1.807) is 12.1 Å². The summed E-state index contributed by atoms with van der Waals surface area (Å²) in [5, 5.41) is 5.06. The van der Waals surface area contributed by atoms with Gasteiger partial charge in [-0.1, -0.05) is 12.1 Å². The van der Waals surface area contributed by atoms with Crippen molar-refractivity contribution in [3.8, 4) is 0 Å². The quantitative estimate of drug-likeness (QED) is 0.852. The molecule has 100 valence electrons. The first-order valence-corrected chi connectivity index (χ1v) is 7.20. The zero-order chi connectivity index (χ0) is 13.2. The summed E-state index contributed by atoms with van der Waals surface area (Å²) < 4.78 is 36.3. The summed E-state index contributed by atoms with van der Waals surface area (Å²) in [5.41, 5.74) is 1.01. The van der Waals surface area contributed by atoms with Gasteiger partial charge in [-0.3, -0.25) is 4.90 Å². The molecule has 1 aromatic carbocycles. The number of hydrogen-bond acceptors (Lipinski definition) is 3. The van der Waals surface area contributed by atoms with E-state index in [4.69, 9.17) is 5.14 Å². The minimum atomic E-state index is -3.57. The van der Waals surface area contributed by atoms with Crippen LogP contribution in [0.25, 0.3) is 0 Å². The lowest BCUT2D eigenvalue weighted by molar-refractivity contribution is 0.181. The van der Waals surface area contributed by atoms with Crippen LogP contribution in [0.15, 0.2) is 24.3 Å². The Hall–Kier alpha value is -1.02. The Labute approximate surface area is 106 Å². The molecule has 0 radical (unpaired) electrons. The molecule has 0 spiro atoms. The van der Waals surface area contributed by atoms with Gasteiger partial charge < -0.3 is 0 Å². The average molecular weight is 273 g/mol. The largest absolute Gasteiger partial charge is 0.296 e. The van der Waals surface area contributed by atoms with Crippen molar-refractivity contribution in [2.24, 2.45) is 5.14 Å². The van der Waals surface area contributed by atoms with Crippen LogP contribution in [0.1, 0.15) is 5.56 Å². The van der Waals surface area contributed by atoms with E-state index in [0.717, 1.165) is 5.56 Å². The summed E-state index contributed by atoms with van der Waals surface area (Å²) in [6.07, 6.45) is 0. The molecule has 1 aliphatic heterocycles. The van der Waals surface area contributed by atoms with Crippen LogP contribution in [0.2, 0.25) is 0 Å². The second-order valence-corrected chi connectivity index (χ2v) is 5.89. The van der Waals surface area contributed by atoms with Crippen molar-refractivity contribution in [1.29, 1.82) is 0 Å². The fraction of sp³-hybridized carbons (Fsp3) is 0.455. The molecule has 0 atom stereocenters. The molecule has 1 fully saturated rings. The molecule has 0 saturated carbocycles. The number of halogens is 1. The van der Waals surface area contributed by atoms with E-state index in [1.807, 2.05) is 0 Å². The van der Waals surface area contributed by atoms with Crippen molar-refractivity contribution >= 4 is 10.2 Å². The first-order chi connectivity index (χ1) is 8.45. The molecule has 0 aromatic heterocycles. The molecule has 1 aromatic rings. The van der Waals surface area contributed by atoms with Crippen molar-refractivity contribution in [2.45, 2.75) is 6.54 Å². The van der Waals surface area contributed by atoms with Gasteiger partial charge in [-0.15, -0.1) is 0 Å². The third kappa shape index (κ3) is 3.49. The van der Waals surface area contributed by atoms with Crippen LogP contribution >= 0.6 is 0 Å². The van der Waals surface area contributed by atoms with Crippen LogP contribution in [-0.4, -0.2) is 43.8 Å². The van der Waals surface area contributed by atoms with E-state index in [-0.39, 0.29) is 5.82 Å². The Morgan fingerprint density at radius 1 is 1.11 bits per heavy atom. The molecule has 2 rings (SSSR count). The molecule has 0 aliphatic carbocycles. The second kappa shape index (κ2) is 5.31. The van der Waals surface area contributed by atoms with Crippen molar-refractivity contribution in [3.63, 3.8) is 0 Å². The summed E-state index contributed by atoms with van der Waals surface area (Å²) in [6, 6.07) is 6.33. The highest BCUT2D eigenvalue weighted by Crippen LogP contribution is 2.10. The normalized spacial score (nSPS) is 19.0. The maximum absolute atomic E-state index is 12.7. The zero-order valence-electron chi connectivity index (χ0n) is 9.92. The number of rotatable bonds is 3. The lowest BCUT2D eigenvalue weighted by Crippen LogP contribution is -2.50. The van der Waals surface area contributed by atoms with Gasteiger partial charge in [0.25, 0.3) is 10.2 Å². The summed E-state index contributed by atoms with van der Waals surface area (Å²) in [6.45, 7) is 2.76. The SMILES string of the molecule is NS(=O)(=O)N1CCN(Cc2ccc(F)cc2)CC1. The monoisotopic (exact) mass is 273 g/mol. The lowest BCUT2D eigenvalue weighted by Gasteiger charge is -2.32. The molecule has 1 aliphatic rings. The zero-order valence-corrected chi connectivity index (χ0v) is 10.7. The highest BCUT2D eigenvalue weighted by Gasteiger charge is 2.23. The molecule has 1 heterocycles. The van der Waals surface area contributed by atoms with Crippen LogP contribution in [0.4, 0.5) is 4.39 Å². The minimum Gasteiger partial charge on any atom is -0.296 e. The average Bonchev–Trinajstić information content (AvgIpc) is 2.32. The van der Waals surface area contributed by atoms with Gasteiger partial charge in [-0.05, 0) is 17.7 Å². The molecule has 0 bridgehead atoms. The third-order valence-electron chi connectivity index (χ3n) is 3.01. The van der Waals surface area contributed by atoms with Crippen LogP contribution in [0.3, 0.4) is 0 Å². The summed E-state index contributed by atoms with van der Waals surface area (Å²) >= 11 is 0. The number of nitrogens with zero attached hydrogens (tertiary/aromatic N) is 2. The number of piperazine rings is 1. The predicted molar refractivity (Wildman–Crippen MR) is 66.4 cm³/mol. The molecule has 0 amide bonds. The maximum atomic E-state index is 12.7. The summed E-state index contributed by atoms with van der Waals surface area (Å²) in [5.74, 6) is -0.252. The first-order valence-electron chi connectivity index (χ1n) is 5.70. The van der Waals surface area contributed by atoms with E-state index in [2.05, 4.69) is 4.90 Å². The maximum Gasteiger partial charge on any atom is 0.276 e. The number of nitrogens with two attached hydrogens (primary N) is 1. The van der Waals surface area contributed by atoms with E-state index < -0.39 is 10.2 Å². The van der Waals surface area contributed by atoms with Gasteiger partial charge in [-0.2, -0.15) is 12.7 Å². The number of benzene rings is 1. The Morgan fingerprint density at radius 2 is 1.67 bits per heavy atom. The molecule has 18 heavy (non-hydrogen) atoms. The molecule has 0 unspecified atom stereocenters. The van der Waals surface area contributed by atoms with Crippen LogP contribution in [-0.2, 0) is 16.8 Å². The fourth-order valence-electron chi connectivity index (χ4n) is 1.99. The van der Waals surface area contributed by atoms with Crippen LogP contribution in [0, 0.1) is 5.82 Å². The Bertz CT molecular complexity index is 496. The molecule has 2 N–H and O–H groups in total. The number of hydrogen-bond donors (Lipinski definition) is 1. The molecule has 5 nitrogen and oxygen atoms in total. The van der Waals surface area contributed by atoms with Crippen molar-refractivity contribution in [1.82, 2.24) is 9.21 Å². The summed E-state index contributed by atoms with van der Waals surface area (Å²) in [4.78, 5) is 2.12. The molecule has 1 saturated heterocycles. The predicted octanol–water partition coefficient (Wildman–Crippen LogP) is 0.147. The third-order valence-corrected chi connectivity index (χ3v) is 4.10. The Balaban J connectivity index is 1.89. The topological polar surface area (TPSA) is 66.6 Å². The molecule has 7 heteroatoms. The van der Waals surface area contributed by atoms with Gasteiger partial charge in [0.1, 0.15) is 5.82 Å². The van der Waals surface area contributed by atoms with E-state index in [9.17, 15) is 12.8 Å². The van der Waals surface area contributed by atoms with Gasteiger partial charge in [-0.25, -0.2) is 9.53 Å². The smallest absolute Gasteiger partial charge is 0.276 e. The summed E-state index contributed by atoms with van der Waals surface area (Å²) in [7, 11) is -3.57. The fourth-order valence-corrected chi connectivity index (χ4v) is 2.66. The van der Waals surface area contributed by atoms with Gasteiger partial charge in [0.15, 0.2) is 0 Å². The van der Waals surface area contributed by atoms with Gasteiger partial charge in [0, 0.05) is 32.7 Å². The van der Waals surface area contributed by atoms with E-state index in [0.29, 0.717) is 32.7 Å². The standard InChI is InChI=1S/C11H16FN3O2S/c12-11-3-1-10(2-4-11)9-14-5-7-15(8-6-14)18(13,16)17/h1-4H,5-9H2,(H2,13,16,17). The highest BCUT2D eigenvalue weighted by molar-refractivity contribution is 7.86. The van der Waals surface area contributed by atoms with Gasteiger partial charge in [0.05, 0.1) is 0 Å². The van der Waals surface area contributed by atoms with Gasteiger partial charge in [0.2, 0.25) is 0 Å². The Kier molecular flexibility index (Phi) is 3.96.